The van der Waals surface area contributed by atoms with Crippen LogP contribution < -0.4 is 16.6 Å². The Morgan fingerprint density at radius 2 is 2.00 bits per heavy atom. The molecule has 0 radical (unpaired) electrons. The Morgan fingerprint density at radius 3 is 2.83 bits per heavy atom. The van der Waals surface area contributed by atoms with Crippen LogP contribution in [0, 0.1) is 0 Å². The zero-order valence-electron chi connectivity index (χ0n) is 12.7. The molecule has 0 saturated carbocycles. The van der Waals surface area contributed by atoms with Crippen LogP contribution >= 0.6 is 11.8 Å². The van der Waals surface area contributed by atoms with Crippen molar-refractivity contribution in [2.45, 2.75) is 22.6 Å². The summed E-state index contributed by atoms with van der Waals surface area (Å²) in [4.78, 5) is 17.4. The monoisotopic (exact) mass is 323 g/mol. The molecule has 1 atom stereocenters. The lowest BCUT2D eigenvalue weighted by Crippen LogP contribution is -2.11. The van der Waals surface area contributed by atoms with Crippen molar-refractivity contribution < 1.29 is 0 Å². The predicted molar refractivity (Wildman–Crippen MR) is 96.5 cm³/mol. The molecule has 0 amide bonds. The van der Waals surface area contributed by atoms with Crippen molar-refractivity contribution in [3.05, 3.63) is 58.4 Å². The number of anilines is 2. The predicted octanol–water partition coefficient (Wildman–Crippen LogP) is 3.79. The Morgan fingerprint density at radius 1 is 1.17 bits per heavy atom. The Labute approximate surface area is 138 Å². The number of aromatic amines is 1. The molecule has 0 fully saturated rings. The Bertz CT molecular complexity index is 964. The average molecular weight is 323 g/mol. The van der Waals surface area contributed by atoms with Gasteiger partial charge in [0, 0.05) is 38.8 Å². The number of hydrogen-bond acceptors (Lipinski definition) is 4. The van der Waals surface area contributed by atoms with Crippen LogP contribution in [-0.4, -0.2) is 11.5 Å². The molecule has 1 unspecified atom stereocenters. The van der Waals surface area contributed by atoms with Gasteiger partial charge in [0.2, 0.25) is 0 Å². The Kier molecular flexibility index (Phi) is 3.31. The summed E-state index contributed by atoms with van der Waals surface area (Å²) in [5.41, 5.74) is 9.31. The highest BCUT2D eigenvalue weighted by molar-refractivity contribution is 7.99. The van der Waals surface area contributed by atoms with Gasteiger partial charge in [-0.2, -0.15) is 0 Å². The third-order valence-corrected chi connectivity index (χ3v) is 5.18. The van der Waals surface area contributed by atoms with Gasteiger partial charge in [0.05, 0.1) is 0 Å². The van der Waals surface area contributed by atoms with E-state index in [0.717, 1.165) is 44.2 Å². The van der Waals surface area contributed by atoms with Crippen LogP contribution in [0.5, 0.6) is 0 Å². The van der Waals surface area contributed by atoms with Crippen LogP contribution in [0.25, 0.3) is 10.9 Å². The van der Waals surface area contributed by atoms with Crippen LogP contribution in [0.15, 0.2) is 57.1 Å². The molecule has 0 bridgehead atoms. The van der Waals surface area contributed by atoms with Gasteiger partial charge in [-0.05, 0) is 42.0 Å². The van der Waals surface area contributed by atoms with Gasteiger partial charge in [0.1, 0.15) is 5.69 Å². The number of nitrogens with two attached hydrogens (primary N) is 1. The van der Waals surface area contributed by atoms with Crippen LogP contribution in [0.3, 0.4) is 0 Å². The lowest BCUT2D eigenvalue weighted by atomic mass is 9.99. The zero-order valence-corrected chi connectivity index (χ0v) is 13.5. The first-order chi connectivity index (χ1) is 11.1. The normalized spacial score (nSPS) is 16.3. The molecule has 5 heteroatoms. The second-order valence-electron chi connectivity index (χ2n) is 5.91. The SMILES string of the molecule is CC1CNc2c1c1cc(Sc3cccc(N)c3)ccc1[nH]c2=O. The van der Waals surface area contributed by atoms with Gasteiger partial charge >= 0.3 is 0 Å². The lowest BCUT2D eigenvalue weighted by Gasteiger charge is -2.10. The van der Waals surface area contributed by atoms with Gasteiger partial charge in [-0.15, -0.1) is 0 Å². The molecular weight excluding hydrogens is 306 g/mol. The largest absolute Gasteiger partial charge is 0.399 e. The fourth-order valence-electron chi connectivity index (χ4n) is 3.12. The Hall–Kier alpha value is -2.40. The van der Waals surface area contributed by atoms with Gasteiger partial charge in [-0.3, -0.25) is 4.79 Å². The van der Waals surface area contributed by atoms with Gasteiger partial charge in [0.15, 0.2) is 0 Å². The van der Waals surface area contributed by atoms with Crippen molar-refractivity contribution in [2.75, 3.05) is 17.6 Å². The summed E-state index contributed by atoms with van der Waals surface area (Å²) < 4.78 is 0. The molecule has 2 aromatic carbocycles. The second-order valence-corrected chi connectivity index (χ2v) is 7.05. The molecule has 1 aliphatic rings. The summed E-state index contributed by atoms with van der Waals surface area (Å²) in [5.74, 6) is 0.336. The first-order valence-electron chi connectivity index (χ1n) is 7.59. The second kappa shape index (κ2) is 5.35. The number of pyridine rings is 1. The minimum atomic E-state index is -0.0342. The highest BCUT2D eigenvalue weighted by Gasteiger charge is 2.24. The quantitative estimate of drug-likeness (QED) is 0.628. The van der Waals surface area contributed by atoms with Crippen LogP contribution in [-0.2, 0) is 0 Å². The van der Waals surface area contributed by atoms with Gasteiger partial charge in [-0.1, -0.05) is 24.8 Å². The average Bonchev–Trinajstić information content (AvgIpc) is 2.91. The van der Waals surface area contributed by atoms with Gasteiger partial charge < -0.3 is 16.0 Å². The van der Waals surface area contributed by atoms with E-state index in [1.165, 1.54) is 0 Å². The molecule has 4 nitrogen and oxygen atoms in total. The molecule has 4 N–H and O–H groups in total. The number of aromatic nitrogens is 1. The van der Waals surface area contributed by atoms with Crippen LogP contribution in [0.4, 0.5) is 11.4 Å². The maximum atomic E-state index is 12.1. The Balaban J connectivity index is 1.83. The van der Waals surface area contributed by atoms with Crippen molar-refractivity contribution in [3.8, 4) is 0 Å². The molecular formula is C18H17N3OS. The van der Waals surface area contributed by atoms with Gasteiger partial charge in [-0.25, -0.2) is 0 Å². The molecule has 3 aromatic rings. The summed E-state index contributed by atoms with van der Waals surface area (Å²) in [7, 11) is 0. The van der Waals surface area contributed by atoms with E-state index in [1.807, 2.05) is 36.4 Å². The standard InChI is InChI=1S/C18H17N3OS/c1-10-9-20-17-16(10)14-8-13(5-6-15(14)21-18(17)22)23-12-4-2-3-11(19)7-12/h2-8,10,20H,9,19H2,1H3,(H,21,22). The summed E-state index contributed by atoms with van der Waals surface area (Å²) in [6.45, 7) is 2.96. The first-order valence-corrected chi connectivity index (χ1v) is 8.40. The van der Waals surface area contributed by atoms with E-state index in [2.05, 4.69) is 23.3 Å². The first kappa shape index (κ1) is 14.2. The highest BCUT2D eigenvalue weighted by atomic mass is 32.2. The molecule has 0 aliphatic carbocycles. The third-order valence-electron chi connectivity index (χ3n) is 4.20. The van der Waals surface area contributed by atoms with Crippen molar-refractivity contribution in [2.24, 2.45) is 0 Å². The molecule has 0 saturated heterocycles. The van der Waals surface area contributed by atoms with E-state index in [0.29, 0.717) is 5.92 Å². The van der Waals surface area contributed by atoms with E-state index >= 15 is 0 Å². The number of hydrogen-bond donors (Lipinski definition) is 3. The maximum absolute atomic E-state index is 12.1. The van der Waals surface area contributed by atoms with E-state index in [4.69, 9.17) is 5.73 Å². The molecule has 2 heterocycles. The van der Waals surface area contributed by atoms with Crippen molar-refractivity contribution >= 4 is 34.0 Å². The molecule has 0 spiro atoms. The third kappa shape index (κ3) is 2.47. The van der Waals surface area contributed by atoms with Crippen LogP contribution in [0.1, 0.15) is 18.4 Å². The van der Waals surface area contributed by atoms with E-state index < -0.39 is 0 Å². The van der Waals surface area contributed by atoms with E-state index in [-0.39, 0.29) is 5.56 Å². The van der Waals surface area contributed by atoms with E-state index in [1.54, 1.807) is 11.8 Å². The van der Waals surface area contributed by atoms with E-state index in [9.17, 15) is 4.79 Å². The van der Waals surface area contributed by atoms with Crippen molar-refractivity contribution in [3.63, 3.8) is 0 Å². The summed E-state index contributed by atoms with van der Waals surface area (Å²) in [5, 5.41) is 4.34. The fourth-order valence-corrected chi connectivity index (χ4v) is 4.05. The molecule has 4 rings (SSSR count). The zero-order chi connectivity index (χ0) is 16.0. The number of nitrogen functional groups attached to an aromatic ring is 1. The number of nitrogens with one attached hydrogen (secondary N) is 2. The summed E-state index contributed by atoms with van der Waals surface area (Å²) in [6.07, 6.45) is 0. The van der Waals surface area contributed by atoms with Gasteiger partial charge in [0.25, 0.3) is 5.56 Å². The number of fused-ring (bicyclic) bond motifs is 3. The van der Waals surface area contributed by atoms with Crippen molar-refractivity contribution in [1.29, 1.82) is 0 Å². The fraction of sp³-hybridized carbons (Fsp3) is 0.167. The van der Waals surface area contributed by atoms with Crippen LogP contribution in [0.2, 0.25) is 0 Å². The highest BCUT2D eigenvalue weighted by Crippen LogP contribution is 2.37. The number of H-pyrrole nitrogens is 1. The number of benzene rings is 2. The van der Waals surface area contributed by atoms with Crippen molar-refractivity contribution in [1.82, 2.24) is 4.98 Å². The molecule has 1 aliphatic heterocycles. The number of rotatable bonds is 2. The minimum Gasteiger partial charge on any atom is -0.399 e. The molecule has 116 valence electrons. The summed E-state index contributed by atoms with van der Waals surface area (Å²) in [6, 6.07) is 14.0. The summed E-state index contributed by atoms with van der Waals surface area (Å²) >= 11 is 1.68. The lowest BCUT2D eigenvalue weighted by molar-refractivity contribution is 0.860. The topological polar surface area (TPSA) is 70.9 Å². The smallest absolute Gasteiger partial charge is 0.272 e. The molecule has 23 heavy (non-hydrogen) atoms. The minimum absolute atomic E-state index is 0.0342. The molecule has 1 aromatic heterocycles. The maximum Gasteiger partial charge on any atom is 0.272 e.